The molecule has 1 aliphatic heterocycles. The number of anilines is 1. The minimum Gasteiger partial charge on any atom is -0.489 e. The number of ether oxygens (including phenoxy) is 1. The maximum atomic E-state index is 13.5. The molecule has 1 unspecified atom stereocenters. The van der Waals surface area contributed by atoms with Crippen LogP contribution in [-0.4, -0.2) is 21.7 Å². The Morgan fingerprint density at radius 2 is 1.84 bits per heavy atom. The highest BCUT2D eigenvalue weighted by atomic mass is 127. The van der Waals surface area contributed by atoms with Crippen molar-refractivity contribution in [2.24, 2.45) is 0 Å². The number of carbonyl (C=O) groups excluding carboxylic acids is 2. The summed E-state index contributed by atoms with van der Waals surface area (Å²) in [5.74, 6) is -0.331. The smallest absolute Gasteiger partial charge is 0.324 e. The number of fused-ring (bicyclic) bond motifs is 1. The fraction of sp³-hybridized carbons (Fsp3) is 0.0769. The minimum atomic E-state index is -0.823. The zero-order chi connectivity index (χ0) is 25.9. The van der Waals surface area contributed by atoms with Gasteiger partial charge in [0.05, 0.1) is 15.4 Å². The molecule has 2 heterocycles. The van der Waals surface area contributed by atoms with Crippen LogP contribution in [-0.2, 0) is 6.61 Å². The van der Waals surface area contributed by atoms with Crippen molar-refractivity contribution in [3.8, 4) is 5.75 Å². The van der Waals surface area contributed by atoms with Crippen molar-refractivity contribution in [1.29, 1.82) is 0 Å². The number of rotatable bonds is 7. The summed E-state index contributed by atoms with van der Waals surface area (Å²) >= 11 is 3.04. The molecule has 1 aliphatic rings. The van der Waals surface area contributed by atoms with Crippen molar-refractivity contribution in [2.75, 3.05) is 5.32 Å². The quantitative estimate of drug-likeness (QED) is 0.154. The van der Waals surface area contributed by atoms with E-state index < -0.39 is 22.9 Å². The number of nitro groups is 1. The van der Waals surface area contributed by atoms with Crippen LogP contribution in [0.15, 0.2) is 84.9 Å². The molecule has 0 radical (unpaired) electrons. The Kier molecular flexibility index (Phi) is 7.06. The molecule has 11 heteroatoms. The number of nitrogens with one attached hydrogen (secondary N) is 2. The topological polar surface area (TPSA) is 114 Å². The molecule has 0 saturated heterocycles. The molecule has 4 aromatic rings. The largest absolute Gasteiger partial charge is 0.489 e. The number of hydrogen-bond acceptors (Lipinski definition) is 7. The molecular formula is C26H19IN4O5S. The first kappa shape index (κ1) is 24.7. The molecular weight excluding hydrogens is 607 g/mol. The second-order valence-corrected chi connectivity index (χ2v) is 10.4. The average Bonchev–Trinajstić information content (AvgIpc) is 3.41. The van der Waals surface area contributed by atoms with E-state index in [0.29, 0.717) is 34.0 Å². The molecule has 1 aromatic heterocycles. The molecule has 0 fully saturated rings. The van der Waals surface area contributed by atoms with E-state index in [9.17, 15) is 19.7 Å². The van der Waals surface area contributed by atoms with Crippen LogP contribution in [0.4, 0.5) is 10.7 Å². The molecule has 0 saturated carbocycles. The summed E-state index contributed by atoms with van der Waals surface area (Å²) in [6.07, 6.45) is -0.823. The molecule has 186 valence electrons. The lowest BCUT2D eigenvalue weighted by Gasteiger charge is -2.37. The minimum absolute atomic E-state index is 0.0602. The van der Waals surface area contributed by atoms with Gasteiger partial charge in [-0.05, 0) is 76.7 Å². The number of benzene rings is 3. The third kappa shape index (κ3) is 5.42. The highest BCUT2D eigenvalue weighted by Crippen LogP contribution is 2.37. The third-order valence-corrected chi connectivity index (χ3v) is 7.39. The van der Waals surface area contributed by atoms with Crippen LogP contribution in [0, 0.1) is 13.7 Å². The van der Waals surface area contributed by atoms with Gasteiger partial charge in [0, 0.05) is 20.9 Å². The van der Waals surface area contributed by atoms with Crippen LogP contribution in [0.3, 0.4) is 0 Å². The Morgan fingerprint density at radius 1 is 1.08 bits per heavy atom. The lowest BCUT2D eigenvalue weighted by Crippen LogP contribution is -2.52. The molecule has 0 spiro atoms. The van der Waals surface area contributed by atoms with E-state index in [-0.39, 0.29) is 5.00 Å². The van der Waals surface area contributed by atoms with Gasteiger partial charge in [0.1, 0.15) is 12.4 Å². The fourth-order valence-corrected chi connectivity index (χ4v) is 5.15. The van der Waals surface area contributed by atoms with E-state index in [1.165, 1.54) is 11.1 Å². The number of thiophene rings is 1. The zero-order valence-corrected chi connectivity index (χ0v) is 22.1. The van der Waals surface area contributed by atoms with Gasteiger partial charge in [-0.2, -0.15) is 0 Å². The van der Waals surface area contributed by atoms with Crippen molar-refractivity contribution in [3.05, 3.63) is 120 Å². The van der Waals surface area contributed by atoms with E-state index >= 15 is 0 Å². The second kappa shape index (κ2) is 10.6. The fourth-order valence-electron chi connectivity index (χ4n) is 3.80. The summed E-state index contributed by atoms with van der Waals surface area (Å²) < 4.78 is 6.64. The number of carbonyl (C=O) groups is 2. The first-order valence-corrected chi connectivity index (χ1v) is 13.0. The van der Waals surface area contributed by atoms with Crippen LogP contribution < -0.4 is 15.5 Å². The molecule has 2 amide bonds. The summed E-state index contributed by atoms with van der Waals surface area (Å²) in [6.45, 7) is 0.396. The Morgan fingerprint density at radius 3 is 2.54 bits per heavy atom. The Hall–Kier alpha value is -3.97. The average molecular weight is 626 g/mol. The number of amides is 2. The number of halogens is 1. The van der Waals surface area contributed by atoms with Gasteiger partial charge in [-0.1, -0.05) is 41.7 Å². The molecule has 1 atom stereocenters. The molecule has 2 N–H and O–H groups in total. The normalized spacial score (nSPS) is 14.5. The molecule has 5 rings (SSSR count). The van der Waals surface area contributed by atoms with Crippen LogP contribution in [0.5, 0.6) is 5.75 Å². The summed E-state index contributed by atoms with van der Waals surface area (Å²) in [5, 5.41) is 15.6. The number of hydrazine groups is 1. The van der Waals surface area contributed by atoms with Gasteiger partial charge in [-0.25, -0.2) is 5.01 Å². The predicted molar refractivity (Wildman–Crippen MR) is 147 cm³/mol. The van der Waals surface area contributed by atoms with Crippen LogP contribution in [0.1, 0.15) is 37.3 Å². The first-order chi connectivity index (χ1) is 17.9. The van der Waals surface area contributed by atoms with Gasteiger partial charge in [0.15, 0.2) is 6.17 Å². The zero-order valence-electron chi connectivity index (χ0n) is 19.1. The lowest BCUT2D eigenvalue weighted by atomic mass is 10.1. The molecule has 37 heavy (non-hydrogen) atoms. The second-order valence-electron chi connectivity index (χ2n) is 8.08. The van der Waals surface area contributed by atoms with Crippen molar-refractivity contribution in [3.63, 3.8) is 0 Å². The van der Waals surface area contributed by atoms with E-state index in [1.807, 2.05) is 36.4 Å². The summed E-state index contributed by atoms with van der Waals surface area (Å²) in [7, 11) is 0. The van der Waals surface area contributed by atoms with Gasteiger partial charge in [0.2, 0.25) is 0 Å². The van der Waals surface area contributed by atoms with Crippen molar-refractivity contribution in [1.82, 2.24) is 10.4 Å². The van der Waals surface area contributed by atoms with E-state index in [2.05, 4.69) is 33.3 Å². The van der Waals surface area contributed by atoms with Gasteiger partial charge < -0.3 is 10.1 Å². The molecule has 0 aliphatic carbocycles. The standard InChI is InChI=1S/C26H19IN4O5S/c27-18-8-11-21-20(14-18)26(33)30(24(28-21)22-12-13-23(37-22)31(34)35)29-25(32)17-6-9-19(10-7-17)36-15-16-4-2-1-3-5-16/h1-14,24,28H,15H2,(H,29,32). The monoisotopic (exact) mass is 626 g/mol. The highest BCUT2D eigenvalue weighted by Gasteiger charge is 2.36. The maximum Gasteiger partial charge on any atom is 0.324 e. The van der Waals surface area contributed by atoms with Gasteiger partial charge in [0.25, 0.3) is 11.8 Å². The molecule has 0 bridgehead atoms. The van der Waals surface area contributed by atoms with E-state index in [1.54, 1.807) is 42.5 Å². The Bertz CT molecular complexity index is 1480. The van der Waals surface area contributed by atoms with Gasteiger partial charge >= 0.3 is 5.00 Å². The van der Waals surface area contributed by atoms with Gasteiger partial charge in [-0.15, -0.1) is 0 Å². The highest BCUT2D eigenvalue weighted by molar-refractivity contribution is 14.1. The van der Waals surface area contributed by atoms with Gasteiger partial charge in [-0.3, -0.25) is 25.1 Å². The van der Waals surface area contributed by atoms with E-state index in [4.69, 9.17) is 4.74 Å². The van der Waals surface area contributed by atoms with Crippen LogP contribution in [0.25, 0.3) is 0 Å². The Balaban J connectivity index is 1.36. The van der Waals surface area contributed by atoms with Crippen molar-refractivity contribution < 1.29 is 19.2 Å². The number of hydrogen-bond donors (Lipinski definition) is 2. The number of nitrogens with zero attached hydrogens (tertiary/aromatic N) is 2. The van der Waals surface area contributed by atoms with Crippen LogP contribution in [0.2, 0.25) is 0 Å². The summed E-state index contributed by atoms with van der Waals surface area (Å²) in [5.41, 5.74) is 5.00. The molecule has 3 aromatic carbocycles. The first-order valence-electron chi connectivity index (χ1n) is 11.1. The summed E-state index contributed by atoms with van der Waals surface area (Å²) in [4.78, 5) is 37.8. The lowest BCUT2D eigenvalue weighted by molar-refractivity contribution is -0.380. The Labute approximate surface area is 229 Å². The third-order valence-electron chi connectivity index (χ3n) is 5.63. The SMILES string of the molecule is O=C(NN1C(=O)c2cc(I)ccc2NC1c1ccc([N+](=O)[O-])s1)c1ccc(OCc2ccccc2)cc1. The van der Waals surface area contributed by atoms with Crippen molar-refractivity contribution >= 4 is 56.4 Å². The van der Waals surface area contributed by atoms with Crippen molar-refractivity contribution in [2.45, 2.75) is 12.8 Å². The van der Waals surface area contributed by atoms with E-state index in [0.717, 1.165) is 20.5 Å². The predicted octanol–water partition coefficient (Wildman–Crippen LogP) is 5.75. The van der Waals surface area contributed by atoms with Crippen LogP contribution >= 0.6 is 33.9 Å². The maximum absolute atomic E-state index is 13.5. The summed E-state index contributed by atoms with van der Waals surface area (Å²) in [6, 6.07) is 24.6. The molecule has 9 nitrogen and oxygen atoms in total.